The van der Waals surface area contributed by atoms with Crippen LogP contribution in [0, 0.1) is 0 Å². The summed E-state index contributed by atoms with van der Waals surface area (Å²) in [5, 5.41) is 18.7. The van der Waals surface area contributed by atoms with Crippen molar-refractivity contribution >= 4 is 23.2 Å². The van der Waals surface area contributed by atoms with Gasteiger partial charge in [-0.15, -0.1) is 0 Å². The maximum atomic E-state index is 13.4. The predicted molar refractivity (Wildman–Crippen MR) is 129 cm³/mol. The Balaban J connectivity index is 2.56. The molecule has 0 saturated carbocycles. The van der Waals surface area contributed by atoms with Crippen LogP contribution in [0.2, 0.25) is 0 Å². The van der Waals surface area contributed by atoms with Gasteiger partial charge in [0.2, 0.25) is 0 Å². The molecule has 0 radical (unpaired) electrons. The Morgan fingerprint density at radius 3 is 2.44 bits per heavy atom. The fourth-order valence-corrected chi connectivity index (χ4v) is 2.93. The molecule has 34 heavy (non-hydrogen) atoms. The minimum absolute atomic E-state index is 0.0234. The van der Waals surface area contributed by atoms with Crippen LogP contribution in [0.15, 0.2) is 49.0 Å². The Hall–Kier alpha value is -3.86. The van der Waals surface area contributed by atoms with Crippen LogP contribution in [0.1, 0.15) is 50.4 Å². The minimum Gasteiger partial charge on any atom is -0.382 e. The number of allylic oxidation sites excluding steroid dienone is 1. The van der Waals surface area contributed by atoms with Crippen LogP contribution in [-0.2, 0) is 10.4 Å². The molecule has 2 rings (SSSR count). The third-order valence-electron chi connectivity index (χ3n) is 5.14. The van der Waals surface area contributed by atoms with Gasteiger partial charge in [-0.3, -0.25) is 9.59 Å². The maximum absolute atomic E-state index is 13.4. The molecule has 0 bridgehead atoms. The van der Waals surface area contributed by atoms with Gasteiger partial charge in [0, 0.05) is 20.1 Å². The van der Waals surface area contributed by atoms with Gasteiger partial charge in [-0.25, -0.2) is 19.9 Å². The van der Waals surface area contributed by atoms with E-state index in [4.69, 9.17) is 0 Å². The van der Waals surface area contributed by atoms with Gasteiger partial charge in [-0.05, 0) is 33.3 Å². The van der Waals surface area contributed by atoms with E-state index in [2.05, 4.69) is 42.5 Å². The average Bonchev–Trinajstić information content (AvgIpc) is 2.82. The summed E-state index contributed by atoms with van der Waals surface area (Å²) < 4.78 is 0. The van der Waals surface area contributed by atoms with E-state index in [0.717, 1.165) is 6.42 Å². The lowest BCUT2D eigenvalue weighted by Crippen LogP contribution is -2.39. The Labute approximate surface area is 199 Å². The van der Waals surface area contributed by atoms with Gasteiger partial charge < -0.3 is 26.0 Å². The quantitative estimate of drug-likeness (QED) is 0.303. The SMILES string of the molecule is C=CC(NC(=O)c1nc(C(C)(C)O)ncc1Nc1cncnc1)=C(C(=O)NC)N(C)C(C)CC. The van der Waals surface area contributed by atoms with E-state index >= 15 is 0 Å². The first-order valence-electron chi connectivity index (χ1n) is 10.8. The molecule has 182 valence electrons. The van der Waals surface area contributed by atoms with Gasteiger partial charge in [0.05, 0.1) is 35.7 Å². The average molecular weight is 469 g/mol. The van der Waals surface area contributed by atoms with Crippen molar-refractivity contribution in [1.29, 1.82) is 0 Å². The maximum Gasteiger partial charge on any atom is 0.276 e. The summed E-state index contributed by atoms with van der Waals surface area (Å²) >= 11 is 0. The van der Waals surface area contributed by atoms with Crippen molar-refractivity contribution in [3.8, 4) is 0 Å². The number of aliphatic hydroxyl groups is 1. The number of nitrogens with zero attached hydrogens (tertiary/aromatic N) is 5. The molecule has 1 unspecified atom stereocenters. The summed E-state index contributed by atoms with van der Waals surface area (Å²) in [4.78, 5) is 44.2. The van der Waals surface area contributed by atoms with Gasteiger partial charge >= 0.3 is 0 Å². The molecule has 0 spiro atoms. The number of aromatic nitrogens is 4. The molecule has 1 atom stereocenters. The second kappa shape index (κ2) is 11.3. The smallest absolute Gasteiger partial charge is 0.276 e. The molecule has 2 heterocycles. The molecule has 11 nitrogen and oxygen atoms in total. The van der Waals surface area contributed by atoms with Crippen LogP contribution >= 0.6 is 0 Å². The van der Waals surface area contributed by atoms with Crippen molar-refractivity contribution in [1.82, 2.24) is 35.5 Å². The molecule has 0 aromatic carbocycles. The summed E-state index contributed by atoms with van der Waals surface area (Å²) in [7, 11) is 3.28. The summed E-state index contributed by atoms with van der Waals surface area (Å²) in [5.41, 5.74) is -0.186. The number of hydrogen-bond donors (Lipinski definition) is 4. The molecule has 11 heteroatoms. The van der Waals surface area contributed by atoms with Crippen LogP contribution in [0.5, 0.6) is 0 Å². The number of nitrogens with one attached hydrogen (secondary N) is 3. The van der Waals surface area contributed by atoms with E-state index < -0.39 is 11.5 Å². The van der Waals surface area contributed by atoms with E-state index in [1.165, 1.54) is 51.9 Å². The van der Waals surface area contributed by atoms with Crippen molar-refractivity contribution in [2.75, 3.05) is 19.4 Å². The van der Waals surface area contributed by atoms with Gasteiger partial charge in [-0.2, -0.15) is 0 Å². The molecule has 0 aliphatic carbocycles. The topological polar surface area (TPSA) is 145 Å². The molecule has 0 aliphatic rings. The fourth-order valence-electron chi connectivity index (χ4n) is 2.93. The number of likely N-dealkylation sites (N-methyl/N-ethyl adjacent to an activating group) is 2. The molecule has 0 fully saturated rings. The van der Waals surface area contributed by atoms with Crippen molar-refractivity contribution in [3.63, 3.8) is 0 Å². The predicted octanol–water partition coefficient (Wildman–Crippen LogP) is 1.84. The van der Waals surface area contributed by atoms with Gasteiger partial charge in [0.1, 0.15) is 17.6 Å². The number of anilines is 2. The largest absolute Gasteiger partial charge is 0.382 e. The lowest BCUT2D eigenvalue weighted by molar-refractivity contribution is -0.118. The molecular weight excluding hydrogens is 436 g/mol. The Morgan fingerprint density at radius 2 is 1.91 bits per heavy atom. The highest BCUT2D eigenvalue weighted by Crippen LogP contribution is 2.23. The third-order valence-corrected chi connectivity index (χ3v) is 5.14. The number of carbonyl (C=O) groups excluding carboxylic acids is 2. The van der Waals surface area contributed by atoms with Crippen molar-refractivity contribution in [2.24, 2.45) is 0 Å². The first-order chi connectivity index (χ1) is 16.0. The van der Waals surface area contributed by atoms with Crippen LogP contribution in [0.4, 0.5) is 11.4 Å². The summed E-state index contributed by atoms with van der Waals surface area (Å²) in [5.74, 6) is -0.946. The Bertz CT molecular complexity index is 1060. The third kappa shape index (κ3) is 6.35. The molecule has 2 aromatic heterocycles. The van der Waals surface area contributed by atoms with E-state index in [1.807, 2.05) is 13.8 Å². The molecule has 4 N–H and O–H groups in total. The highest BCUT2D eigenvalue weighted by atomic mass is 16.3. The first kappa shape index (κ1) is 26.4. The zero-order chi connectivity index (χ0) is 25.5. The zero-order valence-corrected chi connectivity index (χ0v) is 20.4. The fraction of sp³-hybridized carbons (Fsp3) is 0.391. The van der Waals surface area contributed by atoms with Crippen molar-refractivity contribution < 1.29 is 14.7 Å². The second-order valence-corrected chi connectivity index (χ2v) is 8.13. The zero-order valence-electron chi connectivity index (χ0n) is 20.4. The van der Waals surface area contributed by atoms with E-state index in [1.54, 1.807) is 11.9 Å². The van der Waals surface area contributed by atoms with E-state index in [0.29, 0.717) is 5.69 Å². The standard InChI is InChI=1S/C23H32N8O3/c1-8-14(3)31(7)19(21(33)24-6)16(9-2)29-20(32)18-17(28-15-10-25-13-26-11-15)12-27-22(30-18)23(4,5)34/h9-14,28,34H,2,8H2,1,3-7H3,(H,24,33)(H,29,32). The van der Waals surface area contributed by atoms with Crippen molar-refractivity contribution in [3.05, 3.63) is 60.5 Å². The van der Waals surface area contributed by atoms with Crippen LogP contribution < -0.4 is 16.0 Å². The molecular formula is C23H32N8O3. The minimum atomic E-state index is -1.38. The van der Waals surface area contributed by atoms with E-state index in [9.17, 15) is 14.7 Å². The number of amides is 2. The normalized spacial score (nSPS) is 12.8. The summed E-state index contributed by atoms with van der Waals surface area (Å²) in [6.45, 7) is 10.8. The first-order valence-corrected chi connectivity index (χ1v) is 10.8. The highest BCUT2D eigenvalue weighted by molar-refractivity contribution is 6.01. The van der Waals surface area contributed by atoms with Gasteiger partial charge in [-0.1, -0.05) is 13.5 Å². The highest BCUT2D eigenvalue weighted by Gasteiger charge is 2.26. The van der Waals surface area contributed by atoms with Crippen molar-refractivity contribution in [2.45, 2.75) is 45.8 Å². The Morgan fingerprint density at radius 1 is 1.26 bits per heavy atom. The van der Waals surface area contributed by atoms with Crippen LogP contribution in [0.25, 0.3) is 0 Å². The lowest BCUT2D eigenvalue weighted by atomic mass is 10.1. The van der Waals surface area contributed by atoms with Crippen LogP contribution in [0.3, 0.4) is 0 Å². The molecule has 0 saturated heterocycles. The molecule has 0 aliphatic heterocycles. The molecule has 2 amide bonds. The van der Waals surface area contributed by atoms with Crippen LogP contribution in [-0.4, -0.2) is 61.9 Å². The Kier molecular flexibility index (Phi) is 8.79. The number of hydrogen-bond acceptors (Lipinski definition) is 9. The molecule has 2 aromatic rings. The van der Waals surface area contributed by atoms with E-state index in [-0.39, 0.29) is 40.5 Å². The summed E-state index contributed by atoms with van der Waals surface area (Å²) in [6, 6.07) is 0.0234. The van der Waals surface area contributed by atoms with Gasteiger partial charge in [0.25, 0.3) is 11.8 Å². The lowest BCUT2D eigenvalue weighted by Gasteiger charge is -2.29. The number of rotatable bonds is 10. The second-order valence-electron chi connectivity index (χ2n) is 8.13. The summed E-state index contributed by atoms with van der Waals surface area (Å²) in [6.07, 6.45) is 8.00. The monoisotopic (exact) mass is 468 g/mol. The van der Waals surface area contributed by atoms with Gasteiger partial charge in [0.15, 0.2) is 11.5 Å². The number of carbonyl (C=O) groups is 2.